The molecule has 260 valence electrons. The summed E-state index contributed by atoms with van der Waals surface area (Å²) in [6.07, 6.45) is 8.38. The van der Waals surface area contributed by atoms with Gasteiger partial charge in [-0.15, -0.1) is 0 Å². The highest BCUT2D eigenvalue weighted by atomic mass is 16.4. The zero-order chi connectivity index (χ0) is 36.9. The molecule has 0 unspecified atom stereocenters. The summed E-state index contributed by atoms with van der Waals surface area (Å²) in [4.78, 5) is 30.1. The highest BCUT2D eigenvalue weighted by Gasteiger charge is 2.19. The largest absolute Gasteiger partial charge is 0.478 e. The van der Waals surface area contributed by atoms with Crippen molar-refractivity contribution in [2.45, 2.75) is 20.8 Å². The maximum atomic E-state index is 11.8. The van der Waals surface area contributed by atoms with Gasteiger partial charge >= 0.3 is 5.97 Å². The summed E-state index contributed by atoms with van der Waals surface area (Å²) in [6.45, 7) is 6.28. The number of hydrogen-bond donors (Lipinski definition) is 3. The van der Waals surface area contributed by atoms with Crippen molar-refractivity contribution in [2.75, 3.05) is 0 Å². The monoisotopic (exact) mass is 700 g/mol. The van der Waals surface area contributed by atoms with Crippen LogP contribution >= 0.6 is 0 Å². The first-order chi connectivity index (χ1) is 26.3. The number of fused-ring (bicyclic) bond motifs is 8. The van der Waals surface area contributed by atoms with Gasteiger partial charge in [0.2, 0.25) is 0 Å². The topological polar surface area (TPSA) is 94.7 Å². The lowest BCUT2D eigenvalue weighted by Gasteiger charge is -2.08. The number of aromatic amines is 2. The predicted octanol–water partition coefficient (Wildman–Crippen LogP) is 11.9. The van der Waals surface area contributed by atoms with Crippen LogP contribution < -0.4 is 0 Å². The predicted molar refractivity (Wildman–Crippen MR) is 222 cm³/mol. The number of carbonyl (C=O) groups is 1. The van der Waals surface area contributed by atoms with Crippen LogP contribution in [0.3, 0.4) is 0 Å². The van der Waals surface area contributed by atoms with Crippen LogP contribution in [0.1, 0.15) is 49.8 Å². The van der Waals surface area contributed by atoms with Crippen LogP contribution in [0.2, 0.25) is 0 Å². The van der Waals surface area contributed by atoms with Crippen molar-refractivity contribution < 1.29 is 9.90 Å². The normalized spacial score (nSPS) is 12.0. The summed E-state index contributed by atoms with van der Waals surface area (Å²) in [5.74, 6) is -0.963. The molecule has 6 nitrogen and oxygen atoms in total. The second kappa shape index (κ2) is 13.2. The molecule has 9 rings (SSSR count). The van der Waals surface area contributed by atoms with Gasteiger partial charge in [-0.2, -0.15) is 0 Å². The standard InChI is InChI=1S/C48H36N4O2/c1-28-4-10-31(11-5-28)44-36-20-22-38(49-36)45(32-12-6-29(2)7-13-32)40-24-26-42(51-40)47(34-16-18-35(19-17-34)48(53)54)43-27-25-41(52-43)46(39-23-21-37(44)50-39)33-14-8-30(3)9-15-33/h4-27,51-52H,1-3H3,(H,53,54). The second-order valence-electron chi connectivity index (χ2n) is 14.0. The van der Waals surface area contributed by atoms with Gasteiger partial charge in [0.1, 0.15) is 0 Å². The first-order valence-electron chi connectivity index (χ1n) is 18.0. The number of nitrogens with zero attached hydrogens (tertiary/aromatic N) is 2. The number of aromatic carboxylic acids is 1. The number of hydrogen-bond acceptors (Lipinski definition) is 3. The third-order valence-corrected chi connectivity index (χ3v) is 10.2. The zero-order valence-corrected chi connectivity index (χ0v) is 30.1. The average Bonchev–Trinajstić information content (AvgIpc) is 4.02. The smallest absolute Gasteiger partial charge is 0.335 e. The lowest BCUT2D eigenvalue weighted by molar-refractivity contribution is 0.0697. The number of carboxylic acids is 1. The van der Waals surface area contributed by atoms with Crippen LogP contribution in [0.25, 0.3) is 90.9 Å². The minimum absolute atomic E-state index is 0.231. The number of H-pyrrole nitrogens is 2. The Hall–Kier alpha value is -7.05. The quantitative estimate of drug-likeness (QED) is 0.167. The van der Waals surface area contributed by atoms with E-state index in [1.807, 2.05) is 12.1 Å². The van der Waals surface area contributed by atoms with Crippen LogP contribution in [0, 0.1) is 20.8 Å². The summed E-state index contributed by atoms with van der Waals surface area (Å²) < 4.78 is 0. The van der Waals surface area contributed by atoms with Crippen molar-refractivity contribution in [3.63, 3.8) is 0 Å². The van der Waals surface area contributed by atoms with Gasteiger partial charge in [-0.05, 0) is 104 Å². The molecule has 0 aliphatic carbocycles. The summed E-state index contributed by atoms with van der Waals surface area (Å²) >= 11 is 0. The summed E-state index contributed by atoms with van der Waals surface area (Å²) in [5.41, 5.74) is 18.5. The molecule has 0 atom stereocenters. The number of nitrogens with one attached hydrogen (secondary N) is 2. The van der Waals surface area contributed by atoms with Crippen molar-refractivity contribution >= 4 is 52.3 Å². The third kappa shape index (κ3) is 5.94. The molecule has 3 N–H and O–H groups in total. The summed E-state index contributed by atoms with van der Waals surface area (Å²) in [6, 6.07) is 41.0. The first-order valence-corrected chi connectivity index (χ1v) is 18.0. The highest BCUT2D eigenvalue weighted by molar-refractivity contribution is 6.00. The van der Waals surface area contributed by atoms with Gasteiger partial charge in [0.05, 0.1) is 28.3 Å². The molecule has 0 spiro atoms. The minimum Gasteiger partial charge on any atom is -0.478 e. The van der Waals surface area contributed by atoms with E-state index >= 15 is 0 Å². The molecule has 0 radical (unpaired) electrons. The van der Waals surface area contributed by atoms with Gasteiger partial charge in [0.15, 0.2) is 0 Å². The molecule has 3 aromatic heterocycles. The Kier molecular flexibility index (Phi) is 8.01. The SMILES string of the molecule is Cc1ccc(-c2c3nc(c(-c4ccc(C)cc4)c4ccc([nH]4)c(-c4ccc(C(=O)O)cc4)c4ccc([nH]4)c(-c4ccc(C)cc4)c4nc2C=C4)C=C3)cc1. The molecule has 0 amide bonds. The molecule has 2 aliphatic rings. The maximum absolute atomic E-state index is 11.8. The fourth-order valence-corrected chi connectivity index (χ4v) is 7.36. The molecule has 8 bridgehead atoms. The van der Waals surface area contributed by atoms with Crippen LogP contribution in [0.15, 0.2) is 121 Å². The number of aryl methyl sites for hydroxylation is 3. The van der Waals surface area contributed by atoms with Crippen LogP contribution in [-0.4, -0.2) is 31.0 Å². The van der Waals surface area contributed by atoms with E-state index in [4.69, 9.17) is 9.97 Å². The Bertz CT molecular complexity index is 2690. The third-order valence-electron chi connectivity index (χ3n) is 10.2. The number of carboxylic acid groups (broad SMARTS) is 1. The molecule has 0 saturated heterocycles. The Morgan fingerprint density at radius 2 is 0.704 bits per heavy atom. The van der Waals surface area contributed by atoms with Gasteiger partial charge < -0.3 is 15.1 Å². The van der Waals surface area contributed by atoms with Crippen molar-refractivity contribution in [1.29, 1.82) is 0 Å². The van der Waals surface area contributed by atoms with E-state index in [0.29, 0.717) is 0 Å². The van der Waals surface area contributed by atoms with Crippen LogP contribution in [-0.2, 0) is 0 Å². The Morgan fingerprint density at radius 3 is 1.07 bits per heavy atom. The van der Waals surface area contributed by atoms with E-state index in [9.17, 15) is 9.90 Å². The van der Waals surface area contributed by atoms with E-state index < -0.39 is 5.97 Å². The Balaban J connectivity index is 1.45. The number of benzene rings is 4. The molecule has 0 fully saturated rings. The van der Waals surface area contributed by atoms with Crippen molar-refractivity contribution in [2.24, 2.45) is 0 Å². The van der Waals surface area contributed by atoms with Crippen molar-refractivity contribution in [3.8, 4) is 44.5 Å². The fraction of sp³-hybridized carbons (Fsp3) is 0.0625. The van der Waals surface area contributed by atoms with E-state index in [-0.39, 0.29) is 5.56 Å². The lowest BCUT2D eigenvalue weighted by atomic mass is 10.0. The summed E-state index contributed by atoms with van der Waals surface area (Å²) in [7, 11) is 0. The molecule has 54 heavy (non-hydrogen) atoms. The molecule has 6 heteroatoms. The minimum atomic E-state index is -0.963. The summed E-state index contributed by atoms with van der Waals surface area (Å²) in [5, 5.41) is 9.69. The Labute approximate surface area is 312 Å². The zero-order valence-electron chi connectivity index (χ0n) is 30.1. The van der Waals surface area contributed by atoms with E-state index in [0.717, 1.165) is 89.4 Å². The van der Waals surface area contributed by atoms with Crippen LogP contribution in [0.4, 0.5) is 0 Å². The molecule has 0 saturated carbocycles. The molecule has 7 aromatic rings. The molecule has 4 aromatic carbocycles. The van der Waals surface area contributed by atoms with E-state index in [1.54, 1.807) is 12.1 Å². The van der Waals surface area contributed by atoms with Gasteiger partial charge in [-0.25, -0.2) is 14.8 Å². The van der Waals surface area contributed by atoms with Gasteiger partial charge in [-0.3, -0.25) is 0 Å². The first kappa shape index (κ1) is 32.8. The Morgan fingerprint density at radius 1 is 0.407 bits per heavy atom. The molecule has 2 aliphatic heterocycles. The number of rotatable bonds is 5. The van der Waals surface area contributed by atoms with Crippen molar-refractivity contribution in [3.05, 3.63) is 166 Å². The van der Waals surface area contributed by atoms with Gasteiger partial charge in [0.25, 0.3) is 0 Å². The maximum Gasteiger partial charge on any atom is 0.335 e. The highest BCUT2D eigenvalue weighted by Crippen LogP contribution is 2.38. The molecular formula is C48H36N4O2. The van der Waals surface area contributed by atoms with Gasteiger partial charge in [0, 0.05) is 44.3 Å². The average molecular weight is 701 g/mol. The second-order valence-corrected chi connectivity index (χ2v) is 14.0. The molecule has 5 heterocycles. The van der Waals surface area contributed by atoms with Crippen molar-refractivity contribution in [1.82, 2.24) is 19.9 Å². The lowest BCUT2D eigenvalue weighted by Crippen LogP contribution is -1.95. The molecular weight excluding hydrogens is 665 g/mol. The van der Waals surface area contributed by atoms with E-state index in [1.165, 1.54) is 16.7 Å². The van der Waals surface area contributed by atoms with E-state index in [2.05, 4.69) is 152 Å². The van der Waals surface area contributed by atoms with Gasteiger partial charge in [-0.1, -0.05) is 102 Å². The number of aromatic nitrogens is 4. The fourth-order valence-electron chi connectivity index (χ4n) is 7.36. The van der Waals surface area contributed by atoms with Crippen LogP contribution in [0.5, 0.6) is 0 Å².